The van der Waals surface area contributed by atoms with E-state index >= 15 is 0 Å². The van der Waals surface area contributed by atoms with Gasteiger partial charge in [-0.15, -0.1) is 0 Å². The van der Waals surface area contributed by atoms with E-state index in [2.05, 4.69) is 0 Å². The summed E-state index contributed by atoms with van der Waals surface area (Å²) in [6, 6.07) is 0. The molecular weight excluding hydrogens is 145 g/mol. The maximum absolute atomic E-state index is 7.57. The molecule has 0 radical (unpaired) electrons. The molecule has 0 saturated heterocycles. The molecule has 0 aromatic carbocycles. The first-order valence-electron chi connectivity index (χ1n) is 1.02. The van der Waals surface area contributed by atoms with Gasteiger partial charge in [0.05, 0.1) is 0 Å². The summed E-state index contributed by atoms with van der Waals surface area (Å²) in [4.78, 5) is 0. The summed E-state index contributed by atoms with van der Waals surface area (Å²) in [7, 11) is 0. The molecule has 0 aliphatic heterocycles. The van der Waals surface area contributed by atoms with Crippen LogP contribution in [0.15, 0.2) is 0 Å². The molecule has 0 fully saturated rings. The van der Waals surface area contributed by atoms with Crippen molar-refractivity contribution in [2.75, 3.05) is 6.61 Å². The van der Waals surface area contributed by atoms with E-state index in [0.29, 0.717) is 0 Å². The molecule has 0 amide bonds. The molecule has 0 spiro atoms. The van der Waals surface area contributed by atoms with E-state index in [1.807, 2.05) is 0 Å². The van der Waals surface area contributed by atoms with Crippen LogP contribution in [0.5, 0.6) is 0 Å². The second-order valence-electron chi connectivity index (χ2n) is 0.316. The van der Waals surface area contributed by atoms with Crippen LogP contribution < -0.4 is 6.15 Å². The Morgan fingerprint density at radius 1 is 1.60 bits per heavy atom. The maximum Gasteiger partial charge on any atom is 0.0402 e. The molecular formula is C2H9NOZr. The predicted molar refractivity (Wildman–Crippen MR) is 17.8 cm³/mol. The molecule has 32 valence electrons. The van der Waals surface area contributed by atoms with Gasteiger partial charge in [-0.2, -0.15) is 0 Å². The van der Waals surface area contributed by atoms with Crippen molar-refractivity contribution in [3.05, 3.63) is 0 Å². The van der Waals surface area contributed by atoms with Crippen LogP contribution in [0, 0.1) is 0 Å². The SMILES string of the molecule is CCO.N.[Zr]. The van der Waals surface area contributed by atoms with Gasteiger partial charge in [0.15, 0.2) is 0 Å². The molecule has 3 heteroatoms. The Hall–Kier alpha value is 0.803. The molecule has 0 unspecified atom stereocenters. The second-order valence-corrected chi connectivity index (χ2v) is 0.316. The van der Waals surface area contributed by atoms with Crippen molar-refractivity contribution in [3.8, 4) is 0 Å². The van der Waals surface area contributed by atoms with E-state index in [9.17, 15) is 0 Å². The van der Waals surface area contributed by atoms with E-state index in [1.54, 1.807) is 6.92 Å². The maximum atomic E-state index is 7.57. The Bertz CT molecular complexity index is 9.61. The quantitative estimate of drug-likeness (QED) is 0.522. The fourth-order valence-corrected chi connectivity index (χ4v) is 0. The summed E-state index contributed by atoms with van der Waals surface area (Å²) in [5, 5.41) is 7.57. The Morgan fingerprint density at radius 2 is 1.60 bits per heavy atom. The number of hydrogen-bond donors (Lipinski definition) is 2. The first kappa shape index (κ1) is 17.0. The van der Waals surface area contributed by atoms with E-state index < -0.39 is 0 Å². The smallest absolute Gasteiger partial charge is 0.0402 e. The fourth-order valence-electron chi connectivity index (χ4n) is 0. The van der Waals surface area contributed by atoms with Crippen LogP contribution in [0.2, 0.25) is 0 Å². The zero-order valence-corrected chi connectivity index (χ0v) is 5.82. The van der Waals surface area contributed by atoms with Crippen LogP contribution >= 0.6 is 0 Å². The third kappa shape index (κ3) is 58.5. The second kappa shape index (κ2) is 21.4. The van der Waals surface area contributed by atoms with E-state index in [1.165, 1.54) is 0 Å². The molecule has 2 nitrogen and oxygen atoms in total. The van der Waals surface area contributed by atoms with Crippen molar-refractivity contribution >= 4 is 0 Å². The predicted octanol–water partition coefficient (Wildman–Crippen LogP) is 0.158. The van der Waals surface area contributed by atoms with Gasteiger partial charge in [-0.05, 0) is 6.92 Å². The van der Waals surface area contributed by atoms with Crippen molar-refractivity contribution in [2.45, 2.75) is 6.92 Å². The van der Waals surface area contributed by atoms with Gasteiger partial charge in [-0.1, -0.05) is 0 Å². The molecule has 4 N–H and O–H groups in total. The third-order valence-corrected chi connectivity index (χ3v) is 0. The molecule has 0 bridgehead atoms. The third-order valence-electron chi connectivity index (χ3n) is 0. The van der Waals surface area contributed by atoms with Crippen molar-refractivity contribution in [2.24, 2.45) is 0 Å². The van der Waals surface area contributed by atoms with Crippen LogP contribution in [0.25, 0.3) is 0 Å². The molecule has 0 aromatic heterocycles. The Morgan fingerprint density at radius 3 is 1.60 bits per heavy atom. The number of aliphatic hydroxyl groups is 1. The van der Waals surface area contributed by atoms with Gasteiger partial charge >= 0.3 is 0 Å². The molecule has 0 heterocycles. The van der Waals surface area contributed by atoms with Gasteiger partial charge < -0.3 is 11.3 Å². The number of rotatable bonds is 0. The average molecular weight is 154 g/mol. The van der Waals surface area contributed by atoms with Crippen molar-refractivity contribution in [1.29, 1.82) is 0 Å². The molecule has 0 saturated carbocycles. The monoisotopic (exact) mass is 153 g/mol. The van der Waals surface area contributed by atoms with Crippen molar-refractivity contribution < 1.29 is 31.3 Å². The molecule has 0 aromatic rings. The van der Waals surface area contributed by atoms with Gasteiger partial charge in [0.1, 0.15) is 0 Å². The first-order chi connectivity index (χ1) is 1.41. The minimum absolute atomic E-state index is 0. The Labute approximate surface area is 51.3 Å². The van der Waals surface area contributed by atoms with E-state index in [-0.39, 0.29) is 39.0 Å². The summed E-state index contributed by atoms with van der Waals surface area (Å²) in [5.41, 5.74) is 0. The van der Waals surface area contributed by atoms with Gasteiger partial charge in [0, 0.05) is 32.8 Å². The van der Waals surface area contributed by atoms with Gasteiger partial charge in [-0.25, -0.2) is 0 Å². The average Bonchev–Trinajstić information content (AvgIpc) is 0.918. The first-order valence-corrected chi connectivity index (χ1v) is 1.02. The summed E-state index contributed by atoms with van der Waals surface area (Å²) in [5.74, 6) is 0. The zero-order valence-electron chi connectivity index (χ0n) is 3.36. The van der Waals surface area contributed by atoms with Crippen LogP contribution in [0.1, 0.15) is 6.92 Å². The molecule has 0 rings (SSSR count). The minimum Gasteiger partial charge on any atom is -0.397 e. The summed E-state index contributed by atoms with van der Waals surface area (Å²) >= 11 is 0. The van der Waals surface area contributed by atoms with Crippen molar-refractivity contribution in [1.82, 2.24) is 6.15 Å². The van der Waals surface area contributed by atoms with Crippen LogP contribution in [-0.2, 0) is 26.2 Å². The summed E-state index contributed by atoms with van der Waals surface area (Å²) in [6.07, 6.45) is 0. The normalized spacial score (nSPS) is 3.60. The van der Waals surface area contributed by atoms with Gasteiger partial charge in [0.25, 0.3) is 0 Å². The Kier molecular flexibility index (Phi) is 72.8. The summed E-state index contributed by atoms with van der Waals surface area (Å²) < 4.78 is 0. The van der Waals surface area contributed by atoms with Crippen LogP contribution in [0.3, 0.4) is 0 Å². The van der Waals surface area contributed by atoms with Crippen LogP contribution in [-0.4, -0.2) is 11.7 Å². The molecule has 0 atom stereocenters. The van der Waals surface area contributed by atoms with Crippen LogP contribution in [0.4, 0.5) is 0 Å². The standard InChI is InChI=1S/C2H6O.H3N.Zr/c1-2-3;;/h3H,2H2,1H3;1H3;. The number of aliphatic hydroxyl groups excluding tert-OH is 1. The molecule has 5 heavy (non-hydrogen) atoms. The minimum atomic E-state index is 0. The molecule has 0 aliphatic carbocycles. The van der Waals surface area contributed by atoms with Crippen molar-refractivity contribution in [3.63, 3.8) is 0 Å². The Balaban J connectivity index is -0.0000000200. The number of hydrogen-bond acceptors (Lipinski definition) is 2. The fraction of sp³-hybridized carbons (Fsp3) is 1.00. The largest absolute Gasteiger partial charge is 0.397 e. The topological polar surface area (TPSA) is 55.2 Å². The van der Waals surface area contributed by atoms with E-state index in [4.69, 9.17) is 5.11 Å². The van der Waals surface area contributed by atoms with E-state index in [0.717, 1.165) is 0 Å². The van der Waals surface area contributed by atoms with Gasteiger partial charge in [0.2, 0.25) is 0 Å². The molecule has 0 aliphatic rings. The zero-order chi connectivity index (χ0) is 2.71. The summed E-state index contributed by atoms with van der Waals surface area (Å²) in [6.45, 7) is 1.93. The van der Waals surface area contributed by atoms with Gasteiger partial charge in [-0.3, -0.25) is 0 Å².